The summed E-state index contributed by atoms with van der Waals surface area (Å²) in [7, 11) is 0. The van der Waals surface area contributed by atoms with Crippen LogP contribution in [0.4, 0.5) is 9.93 Å². The second-order valence-corrected chi connectivity index (χ2v) is 4.97. The van der Waals surface area contributed by atoms with Gasteiger partial charge in [0.25, 0.3) is 0 Å². The fraction of sp³-hybridized carbons (Fsp3) is 0.286. The Morgan fingerprint density at radius 3 is 2.79 bits per heavy atom. The van der Waals surface area contributed by atoms with Crippen LogP contribution < -0.4 is 10.6 Å². The first-order valence-electron chi connectivity index (χ1n) is 6.31. The number of nitrogens with one attached hydrogen (secondary N) is 2. The van der Waals surface area contributed by atoms with Gasteiger partial charge in [-0.15, -0.1) is 11.3 Å². The maximum atomic E-state index is 11.6. The van der Waals surface area contributed by atoms with Crippen LogP contribution in [0.5, 0.6) is 0 Å². The van der Waals surface area contributed by atoms with Crippen LogP contribution in [0.1, 0.15) is 18.2 Å². The Morgan fingerprint density at radius 2 is 2.11 bits per heavy atom. The number of amides is 2. The summed E-state index contributed by atoms with van der Waals surface area (Å²) in [6.45, 7) is 2.65. The summed E-state index contributed by atoms with van der Waals surface area (Å²) >= 11 is 1.45. The molecule has 100 valence electrons. The van der Waals surface area contributed by atoms with E-state index >= 15 is 0 Å². The zero-order valence-electron chi connectivity index (χ0n) is 10.8. The SMILES string of the molecule is CCc1csc(NC(=O)NCCc2ccccc2)n1. The number of nitrogens with zero attached hydrogens (tertiary/aromatic N) is 1. The molecule has 0 unspecified atom stereocenters. The zero-order valence-corrected chi connectivity index (χ0v) is 11.7. The largest absolute Gasteiger partial charge is 0.337 e. The molecule has 0 spiro atoms. The minimum absolute atomic E-state index is 0.201. The van der Waals surface area contributed by atoms with Crippen LogP contribution in [0.3, 0.4) is 0 Å². The van der Waals surface area contributed by atoms with E-state index in [-0.39, 0.29) is 6.03 Å². The van der Waals surface area contributed by atoms with Gasteiger partial charge in [-0.25, -0.2) is 9.78 Å². The lowest BCUT2D eigenvalue weighted by Crippen LogP contribution is -2.30. The van der Waals surface area contributed by atoms with E-state index in [1.165, 1.54) is 16.9 Å². The normalized spacial score (nSPS) is 10.2. The number of carbonyl (C=O) groups is 1. The van der Waals surface area contributed by atoms with Crippen LogP contribution in [0.25, 0.3) is 0 Å². The van der Waals surface area contributed by atoms with Gasteiger partial charge in [0.05, 0.1) is 5.69 Å². The average Bonchev–Trinajstić information content (AvgIpc) is 2.87. The third kappa shape index (κ3) is 4.37. The quantitative estimate of drug-likeness (QED) is 0.881. The third-order valence-corrected chi connectivity index (χ3v) is 3.48. The van der Waals surface area contributed by atoms with Crippen molar-refractivity contribution in [2.75, 3.05) is 11.9 Å². The van der Waals surface area contributed by atoms with Gasteiger partial charge in [0.1, 0.15) is 0 Å². The van der Waals surface area contributed by atoms with E-state index in [0.717, 1.165) is 18.5 Å². The molecule has 0 aliphatic rings. The number of anilines is 1. The number of thiazole rings is 1. The molecule has 5 heteroatoms. The highest BCUT2D eigenvalue weighted by Crippen LogP contribution is 2.15. The van der Waals surface area contributed by atoms with Crippen LogP contribution in [0.2, 0.25) is 0 Å². The van der Waals surface area contributed by atoms with Crippen molar-refractivity contribution in [2.24, 2.45) is 0 Å². The third-order valence-electron chi connectivity index (χ3n) is 2.68. The van der Waals surface area contributed by atoms with Crippen LogP contribution >= 0.6 is 11.3 Å². The van der Waals surface area contributed by atoms with Crippen molar-refractivity contribution in [3.63, 3.8) is 0 Å². The Bertz CT molecular complexity index is 524. The van der Waals surface area contributed by atoms with E-state index in [1.807, 2.05) is 42.6 Å². The Kier molecular flexibility index (Phi) is 4.92. The van der Waals surface area contributed by atoms with Crippen molar-refractivity contribution in [3.8, 4) is 0 Å². The van der Waals surface area contributed by atoms with Crippen LogP contribution in [-0.2, 0) is 12.8 Å². The lowest BCUT2D eigenvalue weighted by molar-refractivity contribution is 0.252. The molecule has 0 saturated carbocycles. The molecular weight excluding hydrogens is 258 g/mol. The molecule has 1 aromatic heterocycles. The standard InChI is InChI=1S/C14H17N3OS/c1-2-12-10-19-14(16-12)17-13(18)15-9-8-11-6-4-3-5-7-11/h3-7,10H,2,8-9H2,1H3,(H2,15,16,17,18). The van der Waals surface area contributed by atoms with Gasteiger partial charge in [0.15, 0.2) is 5.13 Å². The predicted molar refractivity (Wildman–Crippen MR) is 78.7 cm³/mol. The zero-order chi connectivity index (χ0) is 13.5. The number of rotatable bonds is 5. The van der Waals surface area contributed by atoms with Crippen LogP contribution in [0.15, 0.2) is 35.7 Å². The van der Waals surface area contributed by atoms with Gasteiger partial charge in [-0.3, -0.25) is 5.32 Å². The van der Waals surface area contributed by atoms with Gasteiger partial charge in [0.2, 0.25) is 0 Å². The Balaban J connectivity index is 1.73. The maximum Gasteiger partial charge on any atom is 0.321 e. The molecule has 0 fully saturated rings. The number of aryl methyl sites for hydroxylation is 1. The van der Waals surface area contributed by atoms with Gasteiger partial charge < -0.3 is 5.32 Å². The first-order valence-corrected chi connectivity index (χ1v) is 7.19. The molecule has 19 heavy (non-hydrogen) atoms. The van der Waals surface area contributed by atoms with Crippen molar-refractivity contribution in [3.05, 3.63) is 47.0 Å². The predicted octanol–water partition coefficient (Wildman–Crippen LogP) is 3.07. The second kappa shape index (κ2) is 6.89. The molecule has 4 nitrogen and oxygen atoms in total. The van der Waals surface area contributed by atoms with Crippen molar-refractivity contribution in [1.82, 2.24) is 10.3 Å². The number of carbonyl (C=O) groups excluding carboxylic acids is 1. The molecule has 2 aromatic rings. The van der Waals surface area contributed by atoms with E-state index in [1.54, 1.807) is 0 Å². The molecule has 2 N–H and O–H groups in total. The molecule has 1 heterocycles. The van der Waals surface area contributed by atoms with E-state index in [0.29, 0.717) is 11.7 Å². The van der Waals surface area contributed by atoms with Crippen molar-refractivity contribution in [1.29, 1.82) is 0 Å². The molecule has 0 atom stereocenters. The molecule has 0 radical (unpaired) electrons. The van der Waals surface area contributed by atoms with Crippen LogP contribution in [-0.4, -0.2) is 17.6 Å². The van der Waals surface area contributed by atoms with E-state index < -0.39 is 0 Å². The number of aromatic nitrogens is 1. The number of benzene rings is 1. The summed E-state index contributed by atoms with van der Waals surface area (Å²) in [6.07, 6.45) is 1.71. The summed E-state index contributed by atoms with van der Waals surface area (Å²) in [6, 6.07) is 9.88. The van der Waals surface area contributed by atoms with E-state index in [9.17, 15) is 4.79 Å². The fourth-order valence-corrected chi connectivity index (χ4v) is 2.42. The van der Waals surface area contributed by atoms with Crippen molar-refractivity contribution in [2.45, 2.75) is 19.8 Å². The lowest BCUT2D eigenvalue weighted by atomic mass is 10.1. The highest BCUT2D eigenvalue weighted by Gasteiger charge is 2.04. The van der Waals surface area contributed by atoms with Gasteiger partial charge in [0, 0.05) is 11.9 Å². The van der Waals surface area contributed by atoms with Crippen LogP contribution in [0, 0.1) is 0 Å². The molecular formula is C14H17N3OS. The molecule has 2 amide bonds. The Hall–Kier alpha value is -1.88. The summed E-state index contributed by atoms with van der Waals surface area (Å²) in [4.78, 5) is 15.9. The van der Waals surface area contributed by atoms with E-state index in [4.69, 9.17) is 0 Å². The second-order valence-electron chi connectivity index (χ2n) is 4.11. The Morgan fingerprint density at radius 1 is 1.32 bits per heavy atom. The average molecular weight is 275 g/mol. The minimum atomic E-state index is -0.201. The first kappa shape index (κ1) is 13.5. The fourth-order valence-electron chi connectivity index (χ4n) is 1.63. The van der Waals surface area contributed by atoms with E-state index in [2.05, 4.69) is 15.6 Å². The summed E-state index contributed by atoms with van der Waals surface area (Å²) < 4.78 is 0. The van der Waals surface area contributed by atoms with Gasteiger partial charge in [-0.1, -0.05) is 37.3 Å². The van der Waals surface area contributed by atoms with Crippen molar-refractivity contribution >= 4 is 22.5 Å². The molecule has 1 aromatic carbocycles. The summed E-state index contributed by atoms with van der Waals surface area (Å²) in [5, 5.41) is 8.17. The number of hydrogen-bond acceptors (Lipinski definition) is 3. The summed E-state index contributed by atoms with van der Waals surface area (Å²) in [5.41, 5.74) is 2.22. The smallest absolute Gasteiger partial charge is 0.321 e. The molecule has 0 aliphatic carbocycles. The lowest BCUT2D eigenvalue weighted by Gasteiger charge is -2.05. The van der Waals surface area contributed by atoms with Crippen molar-refractivity contribution < 1.29 is 4.79 Å². The van der Waals surface area contributed by atoms with Gasteiger partial charge in [-0.2, -0.15) is 0 Å². The maximum absolute atomic E-state index is 11.6. The molecule has 0 saturated heterocycles. The highest BCUT2D eigenvalue weighted by atomic mass is 32.1. The monoisotopic (exact) mass is 275 g/mol. The summed E-state index contributed by atoms with van der Waals surface area (Å²) in [5.74, 6) is 0. The number of hydrogen-bond donors (Lipinski definition) is 2. The highest BCUT2D eigenvalue weighted by molar-refractivity contribution is 7.13. The first-order chi connectivity index (χ1) is 9.28. The molecule has 2 rings (SSSR count). The van der Waals surface area contributed by atoms with Gasteiger partial charge in [-0.05, 0) is 18.4 Å². The minimum Gasteiger partial charge on any atom is -0.337 e. The number of urea groups is 1. The molecule has 0 aliphatic heterocycles. The molecule has 0 bridgehead atoms. The topological polar surface area (TPSA) is 54.0 Å². The van der Waals surface area contributed by atoms with Gasteiger partial charge >= 0.3 is 6.03 Å². The Labute approximate surface area is 116 Å².